The fourth-order valence-corrected chi connectivity index (χ4v) is 6.18. The van der Waals surface area contributed by atoms with Gasteiger partial charge in [0.1, 0.15) is 11.4 Å². The molecule has 9 nitrogen and oxygen atoms in total. The Balaban J connectivity index is 1.06. The van der Waals surface area contributed by atoms with Gasteiger partial charge in [0.15, 0.2) is 5.82 Å². The standard InChI is InChI=1S/C33H35N7O2/c41-33-34-28-8-4-5-9-29(28)40(33)27-14-16-38(17-15-27)22-24-10-12-26(13-11-24)31-32(25-6-2-1-3-7-25)37-36-30(35-31)23-39-18-20-42-21-19-39/h1-13,27H,14-23H2,(H,34,41). The molecule has 3 aromatic carbocycles. The van der Waals surface area contributed by atoms with Crippen molar-refractivity contribution in [2.24, 2.45) is 0 Å². The smallest absolute Gasteiger partial charge is 0.326 e. The van der Waals surface area contributed by atoms with Crippen LogP contribution in [0.1, 0.15) is 30.3 Å². The molecular weight excluding hydrogens is 526 g/mol. The number of aromatic nitrogens is 5. The molecule has 0 unspecified atom stereocenters. The van der Waals surface area contributed by atoms with Gasteiger partial charge >= 0.3 is 5.69 Å². The number of H-pyrrole nitrogens is 1. The highest BCUT2D eigenvalue weighted by atomic mass is 16.5. The van der Waals surface area contributed by atoms with E-state index >= 15 is 0 Å². The van der Waals surface area contributed by atoms with Crippen molar-refractivity contribution in [3.8, 4) is 22.5 Å². The maximum absolute atomic E-state index is 12.7. The van der Waals surface area contributed by atoms with E-state index in [0.717, 1.165) is 98.2 Å². The summed E-state index contributed by atoms with van der Waals surface area (Å²) >= 11 is 0. The van der Waals surface area contributed by atoms with Crippen LogP contribution in [0.5, 0.6) is 0 Å². The third kappa shape index (κ3) is 5.63. The van der Waals surface area contributed by atoms with E-state index in [9.17, 15) is 4.79 Å². The molecule has 42 heavy (non-hydrogen) atoms. The number of benzene rings is 3. The summed E-state index contributed by atoms with van der Waals surface area (Å²) in [6.45, 7) is 6.69. The van der Waals surface area contributed by atoms with Gasteiger partial charge in [-0.2, -0.15) is 0 Å². The molecule has 214 valence electrons. The molecule has 1 N–H and O–H groups in total. The lowest BCUT2D eigenvalue weighted by Crippen LogP contribution is -2.36. The van der Waals surface area contributed by atoms with Crippen molar-refractivity contribution in [1.82, 2.24) is 34.5 Å². The molecule has 7 rings (SSSR count). The minimum atomic E-state index is -0.00701. The highest BCUT2D eigenvalue weighted by Gasteiger charge is 2.24. The normalized spacial score (nSPS) is 17.1. The molecule has 0 bridgehead atoms. The van der Waals surface area contributed by atoms with Crippen molar-refractivity contribution in [3.63, 3.8) is 0 Å². The van der Waals surface area contributed by atoms with Gasteiger partial charge in [-0.25, -0.2) is 9.78 Å². The molecule has 2 aliphatic rings. The molecule has 9 heteroatoms. The summed E-state index contributed by atoms with van der Waals surface area (Å²) in [7, 11) is 0. The average Bonchev–Trinajstić information content (AvgIpc) is 3.38. The zero-order valence-corrected chi connectivity index (χ0v) is 23.7. The third-order valence-corrected chi connectivity index (χ3v) is 8.43. The molecule has 0 aliphatic carbocycles. The van der Waals surface area contributed by atoms with E-state index in [0.29, 0.717) is 6.54 Å². The Morgan fingerprint density at radius 2 is 1.43 bits per heavy atom. The largest absolute Gasteiger partial charge is 0.379 e. The number of likely N-dealkylation sites (tertiary alicyclic amines) is 1. The van der Waals surface area contributed by atoms with Crippen LogP contribution in [0.3, 0.4) is 0 Å². The van der Waals surface area contributed by atoms with Crippen molar-refractivity contribution >= 4 is 11.0 Å². The first-order chi connectivity index (χ1) is 20.7. The summed E-state index contributed by atoms with van der Waals surface area (Å²) in [5.74, 6) is 0.729. The molecule has 0 amide bonds. The second kappa shape index (κ2) is 12.0. The number of rotatable bonds is 7. The highest BCUT2D eigenvalue weighted by molar-refractivity contribution is 5.77. The Bertz CT molecular complexity index is 1700. The van der Waals surface area contributed by atoms with Gasteiger partial charge in [0.25, 0.3) is 0 Å². The van der Waals surface area contributed by atoms with Crippen LogP contribution in [0, 0.1) is 0 Å². The predicted molar refractivity (Wildman–Crippen MR) is 163 cm³/mol. The maximum Gasteiger partial charge on any atom is 0.326 e. The van der Waals surface area contributed by atoms with Gasteiger partial charge < -0.3 is 9.72 Å². The lowest BCUT2D eigenvalue weighted by Gasteiger charge is -2.32. The number of hydrogen-bond donors (Lipinski definition) is 1. The molecule has 4 heterocycles. The number of para-hydroxylation sites is 2. The summed E-state index contributed by atoms with van der Waals surface area (Å²) in [5, 5.41) is 9.16. The molecule has 0 radical (unpaired) electrons. The van der Waals surface area contributed by atoms with Crippen LogP contribution in [0.25, 0.3) is 33.5 Å². The number of imidazole rings is 1. The van der Waals surface area contributed by atoms with Gasteiger partial charge in [0, 0.05) is 49.9 Å². The van der Waals surface area contributed by atoms with Gasteiger partial charge in [-0.3, -0.25) is 14.4 Å². The van der Waals surface area contributed by atoms with Crippen molar-refractivity contribution in [3.05, 3.63) is 101 Å². The third-order valence-electron chi connectivity index (χ3n) is 8.43. The quantitative estimate of drug-likeness (QED) is 0.312. The number of piperidine rings is 1. The van der Waals surface area contributed by atoms with Gasteiger partial charge in [0.05, 0.1) is 30.8 Å². The summed E-state index contributed by atoms with van der Waals surface area (Å²) in [6.07, 6.45) is 1.91. The molecule has 2 aromatic heterocycles. The minimum Gasteiger partial charge on any atom is -0.379 e. The predicted octanol–water partition coefficient (Wildman–Crippen LogP) is 4.52. The topological polar surface area (TPSA) is 92.2 Å². The Morgan fingerprint density at radius 3 is 2.21 bits per heavy atom. The Labute approximate surface area is 244 Å². The number of morpholine rings is 1. The molecule has 0 spiro atoms. The van der Waals surface area contributed by atoms with Crippen LogP contribution in [0.15, 0.2) is 83.7 Å². The second-order valence-electron chi connectivity index (χ2n) is 11.2. The van der Waals surface area contributed by atoms with E-state index < -0.39 is 0 Å². The van der Waals surface area contributed by atoms with Crippen LogP contribution in [-0.2, 0) is 17.8 Å². The van der Waals surface area contributed by atoms with Crippen molar-refractivity contribution in [2.45, 2.75) is 32.0 Å². The van der Waals surface area contributed by atoms with Gasteiger partial charge in [-0.15, -0.1) is 10.2 Å². The van der Waals surface area contributed by atoms with Gasteiger partial charge in [-0.05, 0) is 30.5 Å². The minimum absolute atomic E-state index is 0.00701. The first-order valence-corrected chi connectivity index (χ1v) is 14.8. The fourth-order valence-electron chi connectivity index (χ4n) is 6.18. The van der Waals surface area contributed by atoms with E-state index in [2.05, 4.69) is 61.4 Å². The molecule has 2 saturated heterocycles. The van der Waals surface area contributed by atoms with Crippen molar-refractivity contribution < 1.29 is 4.74 Å². The SMILES string of the molecule is O=c1[nH]c2ccccc2n1C1CCN(Cc2ccc(-c3nc(CN4CCOCC4)nnc3-c3ccccc3)cc2)CC1. The van der Waals surface area contributed by atoms with Gasteiger partial charge in [-0.1, -0.05) is 66.7 Å². The van der Waals surface area contributed by atoms with Crippen LogP contribution in [-0.4, -0.2) is 73.9 Å². The Hall–Kier alpha value is -4.18. The zero-order chi connectivity index (χ0) is 28.3. The van der Waals surface area contributed by atoms with Gasteiger partial charge in [0.2, 0.25) is 0 Å². The highest BCUT2D eigenvalue weighted by Crippen LogP contribution is 2.30. The van der Waals surface area contributed by atoms with Crippen LogP contribution in [0.2, 0.25) is 0 Å². The van der Waals surface area contributed by atoms with E-state index in [1.807, 2.05) is 47.0 Å². The second-order valence-corrected chi connectivity index (χ2v) is 11.2. The van der Waals surface area contributed by atoms with E-state index in [1.165, 1.54) is 5.56 Å². The molecule has 2 fully saturated rings. The lowest BCUT2D eigenvalue weighted by atomic mass is 10.0. The lowest BCUT2D eigenvalue weighted by molar-refractivity contribution is 0.0329. The molecule has 0 saturated carbocycles. The number of aromatic amines is 1. The summed E-state index contributed by atoms with van der Waals surface area (Å²) in [4.78, 5) is 25.5. The first-order valence-electron chi connectivity index (χ1n) is 14.8. The molecule has 0 atom stereocenters. The Morgan fingerprint density at radius 1 is 0.738 bits per heavy atom. The van der Waals surface area contributed by atoms with E-state index in [-0.39, 0.29) is 11.7 Å². The van der Waals surface area contributed by atoms with Crippen LogP contribution >= 0.6 is 0 Å². The molecule has 5 aromatic rings. The zero-order valence-electron chi connectivity index (χ0n) is 23.7. The Kier molecular flexibility index (Phi) is 7.61. The number of fused-ring (bicyclic) bond motifs is 1. The van der Waals surface area contributed by atoms with E-state index in [4.69, 9.17) is 9.72 Å². The van der Waals surface area contributed by atoms with Crippen LogP contribution in [0.4, 0.5) is 0 Å². The summed E-state index contributed by atoms with van der Waals surface area (Å²) in [5.41, 5.74) is 6.86. The first kappa shape index (κ1) is 26.7. The van der Waals surface area contributed by atoms with Crippen LogP contribution < -0.4 is 5.69 Å². The maximum atomic E-state index is 12.7. The van der Waals surface area contributed by atoms with Crippen molar-refractivity contribution in [1.29, 1.82) is 0 Å². The van der Waals surface area contributed by atoms with Crippen molar-refractivity contribution in [2.75, 3.05) is 39.4 Å². The number of nitrogens with zero attached hydrogens (tertiary/aromatic N) is 6. The van der Waals surface area contributed by atoms with E-state index in [1.54, 1.807) is 0 Å². The number of ether oxygens (including phenoxy) is 1. The molecular formula is C33H35N7O2. The fraction of sp³-hybridized carbons (Fsp3) is 0.333. The molecule has 2 aliphatic heterocycles. The summed E-state index contributed by atoms with van der Waals surface area (Å²) < 4.78 is 7.45. The monoisotopic (exact) mass is 561 g/mol. The number of hydrogen-bond acceptors (Lipinski definition) is 7. The summed E-state index contributed by atoms with van der Waals surface area (Å²) in [6, 6.07) is 27.0. The number of nitrogens with one attached hydrogen (secondary N) is 1. The average molecular weight is 562 g/mol.